The lowest BCUT2D eigenvalue weighted by molar-refractivity contribution is -0.118. The smallest absolute Gasteiger partial charge is 0.246 e. The number of likely N-dealkylation sites (N-methyl/N-ethyl adjacent to an activating group) is 1. The monoisotopic (exact) mass is 402 g/mol. The van der Waals surface area contributed by atoms with Crippen LogP contribution in [0.2, 0.25) is 0 Å². The molecule has 0 bridgehead atoms. The molecule has 146 valence electrons. The number of rotatable bonds is 6. The minimum atomic E-state index is -0.00269. The summed E-state index contributed by atoms with van der Waals surface area (Å²) in [5.41, 5.74) is 5.11. The number of pyridine rings is 1. The van der Waals surface area contributed by atoms with E-state index >= 15 is 0 Å². The van der Waals surface area contributed by atoms with Crippen molar-refractivity contribution in [1.29, 1.82) is 0 Å². The van der Waals surface area contributed by atoms with E-state index < -0.39 is 0 Å². The van der Waals surface area contributed by atoms with Gasteiger partial charge in [-0.25, -0.2) is 4.98 Å². The Labute approximate surface area is 174 Å². The molecule has 6 heteroatoms. The molecule has 0 saturated heterocycles. The zero-order chi connectivity index (χ0) is 20.2. The number of hydrogen-bond acceptors (Lipinski definition) is 4. The van der Waals surface area contributed by atoms with Gasteiger partial charge in [0.25, 0.3) is 0 Å². The molecule has 1 amide bonds. The van der Waals surface area contributed by atoms with Crippen LogP contribution in [0.4, 0.5) is 5.69 Å². The Hall–Kier alpha value is -3.12. The number of hydrogen-bond donors (Lipinski definition) is 0. The summed E-state index contributed by atoms with van der Waals surface area (Å²) in [6.07, 6.45) is 3.50. The minimum Gasteiger partial charge on any atom is -0.314 e. The molecule has 0 saturated carbocycles. The van der Waals surface area contributed by atoms with Gasteiger partial charge in [-0.05, 0) is 36.2 Å². The molecule has 2 aromatic heterocycles. The predicted octanol–water partition coefficient (Wildman–Crippen LogP) is 4.70. The third kappa shape index (κ3) is 4.17. The lowest BCUT2D eigenvalue weighted by atomic mass is 10.1. The lowest BCUT2D eigenvalue weighted by Gasteiger charge is -2.18. The van der Waals surface area contributed by atoms with Crippen LogP contribution in [0.25, 0.3) is 11.0 Å². The zero-order valence-electron chi connectivity index (χ0n) is 16.4. The van der Waals surface area contributed by atoms with Crippen LogP contribution in [-0.2, 0) is 17.1 Å². The van der Waals surface area contributed by atoms with Crippen molar-refractivity contribution in [3.05, 3.63) is 84.2 Å². The molecule has 29 heavy (non-hydrogen) atoms. The first-order chi connectivity index (χ1) is 14.1. The van der Waals surface area contributed by atoms with Crippen LogP contribution in [0.1, 0.15) is 11.1 Å². The minimum absolute atomic E-state index is 0.00269. The van der Waals surface area contributed by atoms with Gasteiger partial charge in [-0.2, -0.15) is 0 Å². The highest BCUT2D eigenvalue weighted by molar-refractivity contribution is 7.98. The number of thioether (sulfide) groups is 1. The van der Waals surface area contributed by atoms with E-state index in [1.54, 1.807) is 36.1 Å². The van der Waals surface area contributed by atoms with Crippen molar-refractivity contribution in [2.75, 3.05) is 11.9 Å². The summed E-state index contributed by atoms with van der Waals surface area (Å²) in [5, 5.41) is 0.825. The lowest BCUT2D eigenvalue weighted by Crippen LogP contribution is -2.30. The fraction of sp³-hybridized carbons (Fsp3) is 0.174. The summed E-state index contributed by atoms with van der Waals surface area (Å²) >= 11 is 1.64. The van der Waals surface area contributed by atoms with E-state index in [9.17, 15) is 4.79 Å². The van der Waals surface area contributed by atoms with E-state index in [1.807, 2.05) is 53.1 Å². The van der Waals surface area contributed by atoms with Gasteiger partial charge in [-0.3, -0.25) is 9.78 Å². The number of carbonyl (C=O) groups is 1. The molecule has 0 aliphatic heterocycles. The van der Waals surface area contributed by atoms with E-state index in [2.05, 4.69) is 24.0 Å². The Morgan fingerprint density at radius 1 is 1.07 bits per heavy atom. The highest BCUT2D eigenvalue weighted by Crippen LogP contribution is 2.27. The molecule has 0 fully saturated rings. The van der Waals surface area contributed by atoms with Gasteiger partial charge < -0.3 is 9.47 Å². The Bertz CT molecular complexity index is 1140. The van der Waals surface area contributed by atoms with Crippen molar-refractivity contribution >= 4 is 34.4 Å². The van der Waals surface area contributed by atoms with Crippen molar-refractivity contribution in [3.63, 3.8) is 0 Å². The SMILES string of the molecule is Cc1ccccc1CSc1nc2ccncc2n1CC(=O)N(C)c1ccccc1. The van der Waals surface area contributed by atoms with Gasteiger partial charge in [-0.15, -0.1) is 0 Å². The molecule has 5 nitrogen and oxygen atoms in total. The first-order valence-electron chi connectivity index (χ1n) is 9.42. The van der Waals surface area contributed by atoms with Gasteiger partial charge >= 0.3 is 0 Å². The summed E-state index contributed by atoms with van der Waals surface area (Å²) in [4.78, 5) is 23.7. The second-order valence-corrected chi connectivity index (χ2v) is 7.79. The van der Waals surface area contributed by atoms with Gasteiger partial charge in [0.15, 0.2) is 5.16 Å². The number of fused-ring (bicyclic) bond motifs is 1. The number of nitrogens with zero attached hydrogens (tertiary/aromatic N) is 4. The van der Waals surface area contributed by atoms with Gasteiger partial charge in [-0.1, -0.05) is 54.2 Å². The Morgan fingerprint density at radius 2 is 1.83 bits per heavy atom. The first kappa shape index (κ1) is 19.2. The van der Waals surface area contributed by atoms with Gasteiger partial charge in [0.1, 0.15) is 6.54 Å². The Kier molecular flexibility index (Phi) is 5.62. The van der Waals surface area contributed by atoms with Crippen molar-refractivity contribution in [3.8, 4) is 0 Å². The van der Waals surface area contributed by atoms with Gasteiger partial charge in [0.2, 0.25) is 5.91 Å². The molecule has 0 spiro atoms. The molecule has 0 aliphatic carbocycles. The summed E-state index contributed by atoms with van der Waals surface area (Å²) in [5.74, 6) is 0.795. The predicted molar refractivity (Wildman–Crippen MR) is 118 cm³/mol. The van der Waals surface area contributed by atoms with E-state index in [1.165, 1.54) is 11.1 Å². The van der Waals surface area contributed by atoms with Crippen LogP contribution >= 0.6 is 11.8 Å². The number of anilines is 1. The molecule has 0 N–H and O–H groups in total. The molecule has 0 unspecified atom stereocenters. The van der Waals surface area contributed by atoms with Crippen LogP contribution in [-0.4, -0.2) is 27.5 Å². The van der Waals surface area contributed by atoms with Gasteiger partial charge in [0.05, 0.1) is 17.2 Å². The first-order valence-corrected chi connectivity index (χ1v) is 10.4. The van der Waals surface area contributed by atoms with Crippen LogP contribution < -0.4 is 4.90 Å². The summed E-state index contributed by atoms with van der Waals surface area (Å²) in [7, 11) is 1.80. The number of benzene rings is 2. The van der Waals surface area contributed by atoms with Crippen molar-refractivity contribution in [2.24, 2.45) is 0 Å². The van der Waals surface area contributed by atoms with Gasteiger partial charge in [0, 0.05) is 24.7 Å². The summed E-state index contributed by atoms with van der Waals surface area (Å²) < 4.78 is 1.97. The normalized spacial score (nSPS) is 11.0. The molecular formula is C23H22N4OS. The fourth-order valence-electron chi connectivity index (χ4n) is 3.16. The molecule has 0 radical (unpaired) electrons. The number of aromatic nitrogens is 3. The van der Waals surface area contributed by atoms with Crippen LogP contribution in [0.5, 0.6) is 0 Å². The van der Waals surface area contributed by atoms with E-state index in [4.69, 9.17) is 4.98 Å². The van der Waals surface area contributed by atoms with Crippen molar-refractivity contribution in [2.45, 2.75) is 24.4 Å². The zero-order valence-corrected chi connectivity index (χ0v) is 17.3. The van der Waals surface area contributed by atoms with E-state index in [-0.39, 0.29) is 12.5 Å². The maximum atomic E-state index is 13.0. The summed E-state index contributed by atoms with van der Waals surface area (Å²) in [6.45, 7) is 2.32. The second kappa shape index (κ2) is 8.49. The summed E-state index contributed by atoms with van der Waals surface area (Å²) in [6, 6.07) is 19.9. The van der Waals surface area contributed by atoms with Crippen LogP contribution in [0.3, 0.4) is 0 Å². The van der Waals surface area contributed by atoms with Crippen LogP contribution in [0, 0.1) is 6.92 Å². The number of amides is 1. The Morgan fingerprint density at radius 3 is 2.62 bits per heavy atom. The van der Waals surface area contributed by atoms with E-state index in [0.29, 0.717) is 0 Å². The molecule has 2 aromatic carbocycles. The number of carbonyl (C=O) groups excluding carboxylic acids is 1. The molecule has 4 aromatic rings. The molecular weight excluding hydrogens is 380 g/mol. The maximum absolute atomic E-state index is 13.0. The Balaban J connectivity index is 1.61. The molecule has 2 heterocycles. The quantitative estimate of drug-likeness (QED) is 0.439. The number of para-hydroxylation sites is 1. The van der Waals surface area contributed by atoms with Crippen molar-refractivity contribution < 1.29 is 4.79 Å². The topological polar surface area (TPSA) is 51.0 Å². The highest BCUT2D eigenvalue weighted by atomic mass is 32.2. The largest absolute Gasteiger partial charge is 0.314 e. The standard InChI is InChI=1S/C23H22N4OS/c1-17-8-6-7-9-18(17)16-29-23-25-20-12-13-24-14-21(20)27(23)15-22(28)26(2)19-10-4-3-5-11-19/h3-14H,15-16H2,1-2H3. The molecule has 4 rings (SSSR count). The third-order valence-electron chi connectivity index (χ3n) is 4.94. The molecule has 0 aliphatic rings. The average molecular weight is 403 g/mol. The highest BCUT2D eigenvalue weighted by Gasteiger charge is 2.18. The molecule has 0 atom stereocenters. The second-order valence-electron chi connectivity index (χ2n) is 6.85. The van der Waals surface area contributed by atoms with Crippen molar-refractivity contribution in [1.82, 2.24) is 14.5 Å². The average Bonchev–Trinajstić information content (AvgIpc) is 3.10. The van der Waals surface area contributed by atoms with E-state index in [0.717, 1.165) is 27.6 Å². The fourth-order valence-corrected chi connectivity index (χ4v) is 4.25. The third-order valence-corrected chi connectivity index (χ3v) is 5.97. The maximum Gasteiger partial charge on any atom is 0.246 e. The number of imidazole rings is 1. The van der Waals surface area contributed by atoms with Crippen LogP contribution in [0.15, 0.2) is 78.2 Å². The number of aryl methyl sites for hydroxylation is 1.